The minimum Gasteiger partial charge on any atom is -0.383 e. The first-order valence-corrected chi connectivity index (χ1v) is 8.20. The van der Waals surface area contributed by atoms with Gasteiger partial charge in [0.2, 0.25) is 11.8 Å². The van der Waals surface area contributed by atoms with Gasteiger partial charge in [0, 0.05) is 19.6 Å². The van der Waals surface area contributed by atoms with E-state index in [2.05, 4.69) is 10.6 Å². The Balaban J connectivity index is 1.46. The van der Waals surface area contributed by atoms with Gasteiger partial charge in [0.1, 0.15) is 0 Å². The molecule has 0 aliphatic heterocycles. The Kier molecular flexibility index (Phi) is 4.48. The molecule has 118 valence electrons. The number of nitrogens with one attached hydrogen (secondary N) is 2. The normalized spacial score (nSPS) is 36.5. The topological polar surface area (TPSA) is 67.4 Å². The van der Waals surface area contributed by atoms with Crippen molar-refractivity contribution in [1.29, 1.82) is 0 Å². The highest BCUT2D eigenvalue weighted by Crippen LogP contribution is 2.56. The molecular formula is C16H26N2O3. The van der Waals surface area contributed by atoms with Gasteiger partial charge >= 0.3 is 0 Å². The van der Waals surface area contributed by atoms with Gasteiger partial charge in [0.15, 0.2) is 0 Å². The van der Waals surface area contributed by atoms with E-state index in [0.29, 0.717) is 25.0 Å². The molecular weight excluding hydrogens is 268 g/mol. The fourth-order valence-corrected chi connectivity index (χ4v) is 4.99. The molecule has 0 aromatic carbocycles. The summed E-state index contributed by atoms with van der Waals surface area (Å²) in [5.41, 5.74) is 0. The molecule has 5 nitrogen and oxygen atoms in total. The molecule has 0 spiro atoms. The largest absolute Gasteiger partial charge is 0.383 e. The van der Waals surface area contributed by atoms with Crippen LogP contribution in [0.25, 0.3) is 0 Å². The Hall–Kier alpha value is -1.10. The van der Waals surface area contributed by atoms with Crippen LogP contribution in [0.1, 0.15) is 32.1 Å². The molecule has 0 aromatic rings. The molecule has 5 heteroatoms. The average Bonchev–Trinajstić information content (AvgIpc) is 2.44. The lowest BCUT2D eigenvalue weighted by molar-refractivity contribution is -0.139. The smallest absolute Gasteiger partial charge is 0.239 e. The quantitative estimate of drug-likeness (QED) is 0.716. The summed E-state index contributed by atoms with van der Waals surface area (Å²) in [6.45, 7) is 1.07. The van der Waals surface area contributed by atoms with Crippen LogP contribution in [0.4, 0.5) is 0 Å². The van der Waals surface area contributed by atoms with Gasteiger partial charge in [-0.05, 0) is 55.8 Å². The van der Waals surface area contributed by atoms with E-state index in [1.54, 1.807) is 7.11 Å². The van der Waals surface area contributed by atoms with Gasteiger partial charge in [-0.15, -0.1) is 0 Å². The third-order valence-electron chi connectivity index (χ3n) is 5.58. The zero-order valence-electron chi connectivity index (χ0n) is 12.8. The second-order valence-electron chi connectivity index (χ2n) is 7.02. The Morgan fingerprint density at radius 1 is 1.00 bits per heavy atom. The van der Waals surface area contributed by atoms with E-state index in [4.69, 9.17) is 4.74 Å². The highest BCUT2D eigenvalue weighted by atomic mass is 16.5. The highest BCUT2D eigenvalue weighted by molar-refractivity contribution is 5.86. The van der Waals surface area contributed by atoms with Crippen LogP contribution in [-0.4, -0.2) is 38.6 Å². The molecule has 4 rings (SSSR count). The summed E-state index contributed by atoms with van der Waals surface area (Å²) in [5, 5.41) is 5.57. The molecule has 0 aromatic heterocycles. The summed E-state index contributed by atoms with van der Waals surface area (Å²) in [6, 6.07) is 0. The van der Waals surface area contributed by atoms with Gasteiger partial charge in [-0.3, -0.25) is 9.59 Å². The maximum atomic E-state index is 12.5. The Morgan fingerprint density at radius 2 is 1.62 bits per heavy atom. The Labute approximate surface area is 126 Å². The van der Waals surface area contributed by atoms with E-state index in [1.807, 2.05) is 0 Å². The first-order valence-electron chi connectivity index (χ1n) is 8.20. The summed E-state index contributed by atoms with van der Waals surface area (Å²) in [7, 11) is 1.60. The van der Waals surface area contributed by atoms with Crippen LogP contribution in [0.3, 0.4) is 0 Å². The number of ether oxygens (including phenoxy) is 1. The number of rotatable bonds is 6. The maximum Gasteiger partial charge on any atom is 0.239 e. The third kappa shape index (κ3) is 3.23. The molecule has 0 saturated heterocycles. The van der Waals surface area contributed by atoms with Crippen molar-refractivity contribution in [2.24, 2.45) is 29.6 Å². The van der Waals surface area contributed by atoms with Crippen LogP contribution >= 0.6 is 0 Å². The molecule has 0 heterocycles. The van der Waals surface area contributed by atoms with Crippen LogP contribution in [-0.2, 0) is 14.3 Å². The molecule has 4 bridgehead atoms. The van der Waals surface area contributed by atoms with Gasteiger partial charge in [-0.2, -0.15) is 0 Å². The summed E-state index contributed by atoms with van der Waals surface area (Å²) >= 11 is 0. The molecule has 4 aliphatic rings. The van der Waals surface area contributed by atoms with Crippen molar-refractivity contribution in [2.45, 2.75) is 32.1 Å². The van der Waals surface area contributed by atoms with Gasteiger partial charge in [-0.1, -0.05) is 0 Å². The van der Waals surface area contributed by atoms with E-state index in [1.165, 1.54) is 32.1 Å². The molecule has 2 N–H and O–H groups in total. The number of carbonyl (C=O) groups excluding carboxylic acids is 2. The van der Waals surface area contributed by atoms with E-state index in [9.17, 15) is 9.59 Å². The Morgan fingerprint density at radius 3 is 2.19 bits per heavy atom. The number of hydrogen-bond donors (Lipinski definition) is 2. The average molecular weight is 294 g/mol. The maximum absolute atomic E-state index is 12.5. The van der Waals surface area contributed by atoms with Crippen molar-refractivity contribution in [2.75, 3.05) is 26.8 Å². The van der Waals surface area contributed by atoms with E-state index >= 15 is 0 Å². The van der Waals surface area contributed by atoms with Crippen molar-refractivity contribution < 1.29 is 14.3 Å². The minimum absolute atomic E-state index is 0.0886. The van der Waals surface area contributed by atoms with Crippen LogP contribution in [0.5, 0.6) is 0 Å². The molecule has 0 radical (unpaired) electrons. The first kappa shape index (κ1) is 14.8. The summed E-state index contributed by atoms with van der Waals surface area (Å²) < 4.78 is 4.88. The van der Waals surface area contributed by atoms with Gasteiger partial charge in [0.05, 0.1) is 13.2 Å². The second-order valence-corrected chi connectivity index (χ2v) is 7.02. The lowest BCUT2D eigenvalue weighted by Crippen LogP contribution is -2.52. The van der Waals surface area contributed by atoms with Crippen molar-refractivity contribution >= 4 is 11.8 Å². The molecule has 4 saturated carbocycles. The summed E-state index contributed by atoms with van der Waals surface area (Å²) in [5.74, 6) is 3.00. The van der Waals surface area contributed by atoms with Gasteiger partial charge in [-0.25, -0.2) is 0 Å². The fourth-order valence-electron chi connectivity index (χ4n) is 4.99. The number of carbonyl (C=O) groups is 2. The van der Waals surface area contributed by atoms with Crippen molar-refractivity contribution in [3.8, 4) is 0 Å². The van der Waals surface area contributed by atoms with Crippen LogP contribution in [0, 0.1) is 29.6 Å². The monoisotopic (exact) mass is 294 g/mol. The Bertz CT molecular complexity index is 382. The summed E-state index contributed by atoms with van der Waals surface area (Å²) in [6.07, 6.45) is 6.30. The van der Waals surface area contributed by atoms with Gasteiger partial charge in [0.25, 0.3) is 0 Å². The van der Waals surface area contributed by atoms with E-state index < -0.39 is 0 Å². The highest BCUT2D eigenvalue weighted by Gasteiger charge is 2.50. The predicted molar refractivity (Wildman–Crippen MR) is 78.4 cm³/mol. The van der Waals surface area contributed by atoms with Crippen LogP contribution in [0.15, 0.2) is 0 Å². The van der Waals surface area contributed by atoms with E-state index in [-0.39, 0.29) is 24.3 Å². The molecule has 2 amide bonds. The molecule has 4 fully saturated rings. The van der Waals surface area contributed by atoms with Crippen molar-refractivity contribution in [3.63, 3.8) is 0 Å². The zero-order valence-corrected chi connectivity index (χ0v) is 12.8. The van der Waals surface area contributed by atoms with Crippen molar-refractivity contribution in [3.05, 3.63) is 0 Å². The fraction of sp³-hybridized carbons (Fsp3) is 0.875. The predicted octanol–water partition coefficient (Wildman–Crippen LogP) is 0.937. The van der Waals surface area contributed by atoms with Crippen LogP contribution in [0.2, 0.25) is 0 Å². The lowest BCUT2D eigenvalue weighted by atomic mass is 9.51. The van der Waals surface area contributed by atoms with E-state index in [0.717, 1.165) is 11.8 Å². The SMILES string of the molecule is COCCNC(=O)CNC(=O)C1C2CC3CC(C2)CC1C3. The van der Waals surface area contributed by atoms with Crippen molar-refractivity contribution in [1.82, 2.24) is 10.6 Å². The molecule has 21 heavy (non-hydrogen) atoms. The molecule has 0 atom stereocenters. The first-order chi connectivity index (χ1) is 10.2. The van der Waals surface area contributed by atoms with Gasteiger partial charge < -0.3 is 15.4 Å². The minimum atomic E-state index is -0.135. The molecule has 0 unspecified atom stereocenters. The number of amides is 2. The number of hydrogen-bond acceptors (Lipinski definition) is 3. The second kappa shape index (κ2) is 6.34. The summed E-state index contributed by atoms with van der Waals surface area (Å²) in [4.78, 5) is 24.1. The third-order valence-corrected chi connectivity index (χ3v) is 5.58. The van der Waals surface area contributed by atoms with Crippen LogP contribution < -0.4 is 10.6 Å². The lowest BCUT2D eigenvalue weighted by Gasteiger charge is -2.53. The number of methoxy groups -OCH3 is 1. The zero-order chi connectivity index (χ0) is 14.8. The molecule has 4 aliphatic carbocycles. The standard InChI is InChI=1S/C16H26N2O3/c1-21-3-2-17-14(19)9-18-16(20)15-12-5-10-4-11(7-12)8-13(15)6-10/h10-13,15H,2-9H2,1H3,(H,17,19)(H,18,20).